The van der Waals surface area contributed by atoms with Crippen molar-refractivity contribution in [3.63, 3.8) is 0 Å². The Morgan fingerprint density at radius 2 is 1.76 bits per heavy atom. The van der Waals surface area contributed by atoms with Gasteiger partial charge in [0.1, 0.15) is 11.5 Å². The van der Waals surface area contributed by atoms with Crippen LogP contribution in [0.15, 0.2) is 42.6 Å². The molecule has 130 valence electrons. The summed E-state index contributed by atoms with van der Waals surface area (Å²) in [5.74, 6) is -0.264. The number of nitrogens with zero attached hydrogens (tertiary/aromatic N) is 3. The highest BCUT2D eigenvalue weighted by Crippen LogP contribution is 2.24. The van der Waals surface area contributed by atoms with Gasteiger partial charge >= 0.3 is 0 Å². The second-order valence-electron chi connectivity index (χ2n) is 6.61. The minimum absolute atomic E-state index is 0.0308. The van der Waals surface area contributed by atoms with Crippen LogP contribution in [0.5, 0.6) is 0 Å². The minimum Gasteiger partial charge on any atom is -0.381 e. The van der Waals surface area contributed by atoms with Crippen LogP contribution in [0.2, 0.25) is 0 Å². The molecule has 1 aromatic heterocycles. The van der Waals surface area contributed by atoms with Crippen LogP contribution in [0.3, 0.4) is 0 Å². The third kappa shape index (κ3) is 3.73. The van der Waals surface area contributed by atoms with E-state index in [0.29, 0.717) is 24.8 Å². The molecule has 25 heavy (non-hydrogen) atoms. The van der Waals surface area contributed by atoms with E-state index < -0.39 is 0 Å². The highest BCUT2D eigenvalue weighted by Gasteiger charge is 2.24. The molecule has 2 fully saturated rings. The van der Waals surface area contributed by atoms with Gasteiger partial charge in [-0.1, -0.05) is 0 Å². The number of amides is 1. The van der Waals surface area contributed by atoms with Crippen LogP contribution in [0.25, 0.3) is 0 Å². The molecular weight excluding hydrogens is 319 g/mol. The largest absolute Gasteiger partial charge is 0.381 e. The molecule has 4 rings (SSSR count). The fourth-order valence-electron chi connectivity index (χ4n) is 3.05. The van der Waals surface area contributed by atoms with Crippen molar-refractivity contribution in [3.8, 4) is 0 Å². The van der Waals surface area contributed by atoms with Gasteiger partial charge in [-0.3, -0.25) is 4.79 Å². The molecule has 1 saturated carbocycles. The van der Waals surface area contributed by atoms with Crippen LogP contribution in [0.4, 0.5) is 15.8 Å². The lowest BCUT2D eigenvalue weighted by molar-refractivity contribution is 0.0741. The Hall–Kier alpha value is -2.63. The molecule has 0 unspecified atom stereocenters. The Morgan fingerprint density at radius 3 is 2.36 bits per heavy atom. The summed E-state index contributed by atoms with van der Waals surface area (Å²) in [7, 11) is 0. The number of hydrogen-bond donors (Lipinski definition) is 1. The quantitative estimate of drug-likeness (QED) is 0.930. The normalized spacial score (nSPS) is 17.5. The lowest BCUT2D eigenvalue weighted by atomic mass is 10.2. The van der Waals surface area contributed by atoms with Crippen LogP contribution in [0.1, 0.15) is 23.3 Å². The third-order valence-electron chi connectivity index (χ3n) is 4.69. The van der Waals surface area contributed by atoms with E-state index in [1.807, 2.05) is 11.0 Å². The Balaban J connectivity index is 1.34. The van der Waals surface area contributed by atoms with Crippen LogP contribution < -0.4 is 10.2 Å². The maximum absolute atomic E-state index is 13.0. The van der Waals surface area contributed by atoms with Crippen LogP contribution in [-0.2, 0) is 0 Å². The minimum atomic E-state index is -0.233. The smallest absolute Gasteiger partial charge is 0.272 e. The van der Waals surface area contributed by atoms with Gasteiger partial charge in [0, 0.05) is 37.9 Å². The van der Waals surface area contributed by atoms with Crippen molar-refractivity contribution in [2.45, 2.75) is 18.9 Å². The number of hydrogen-bond acceptors (Lipinski definition) is 4. The molecule has 1 aliphatic heterocycles. The molecular formula is C19H21FN4O. The number of aromatic nitrogens is 1. The number of benzene rings is 1. The number of nitrogens with one attached hydrogen (secondary N) is 1. The molecule has 2 aromatic rings. The van der Waals surface area contributed by atoms with Gasteiger partial charge < -0.3 is 15.1 Å². The zero-order valence-corrected chi connectivity index (χ0v) is 14.0. The second kappa shape index (κ2) is 6.70. The Kier molecular flexibility index (Phi) is 4.26. The number of carbonyl (C=O) groups excluding carboxylic acids is 1. The van der Waals surface area contributed by atoms with Gasteiger partial charge in [-0.2, -0.15) is 0 Å². The van der Waals surface area contributed by atoms with Gasteiger partial charge in [0.25, 0.3) is 5.91 Å². The van der Waals surface area contributed by atoms with E-state index in [0.717, 1.165) is 24.5 Å². The summed E-state index contributed by atoms with van der Waals surface area (Å²) in [4.78, 5) is 20.9. The SMILES string of the molecule is O=C(c1ccc(NC2CC2)cn1)N1CCN(c2ccc(F)cc2)CC1. The van der Waals surface area contributed by atoms with Crippen molar-refractivity contribution in [2.24, 2.45) is 0 Å². The molecule has 1 aromatic carbocycles. The van der Waals surface area contributed by atoms with Crippen molar-refractivity contribution in [1.82, 2.24) is 9.88 Å². The summed E-state index contributed by atoms with van der Waals surface area (Å²) in [5.41, 5.74) is 2.44. The van der Waals surface area contributed by atoms with Crippen molar-refractivity contribution in [1.29, 1.82) is 0 Å². The Labute approximate surface area is 146 Å². The number of pyridine rings is 1. The standard InChI is InChI=1S/C19H21FN4O/c20-14-1-6-17(7-2-14)23-9-11-24(12-10-23)19(25)18-8-5-16(13-21-18)22-15-3-4-15/h1-2,5-8,13,15,22H,3-4,9-12H2. The number of carbonyl (C=O) groups is 1. The lowest BCUT2D eigenvalue weighted by Crippen LogP contribution is -2.49. The third-order valence-corrected chi connectivity index (χ3v) is 4.69. The average Bonchev–Trinajstić information content (AvgIpc) is 3.47. The monoisotopic (exact) mass is 340 g/mol. The molecule has 0 spiro atoms. The Morgan fingerprint density at radius 1 is 1.04 bits per heavy atom. The maximum atomic E-state index is 13.0. The lowest BCUT2D eigenvalue weighted by Gasteiger charge is -2.36. The van der Waals surface area contributed by atoms with Gasteiger partial charge in [0.05, 0.1) is 11.9 Å². The highest BCUT2D eigenvalue weighted by atomic mass is 19.1. The van der Waals surface area contributed by atoms with E-state index >= 15 is 0 Å². The zero-order valence-electron chi connectivity index (χ0n) is 14.0. The molecule has 1 saturated heterocycles. The van der Waals surface area contributed by atoms with Crippen LogP contribution in [-0.4, -0.2) is 48.0 Å². The van der Waals surface area contributed by atoms with Gasteiger partial charge in [0.15, 0.2) is 0 Å². The Bertz CT molecular complexity index is 735. The van der Waals surface area contributed by atoms with Gasteiger partial charge in [-0.05, 0) is 49.2 Å². The van der Waals surface area contributed by atoms with Crippen molar-refractivity contribution in [2.75, 3.05) is 36.4 Å². The zero-order chi connectivity index (χ0) is 17.2. The molecule has 2 aliphatic rings. The number of halogens is 1. The molecule has 0 radical (unpaired) electrons. The number of rotatable bonds is 4. The van der Waals surface area contributed by atoms with Crippen LogP contribution >= 0.6 is 0 Å². The second-order valence-corrected chi connectivity index (χ2v) is 6.61. The highest BCUT2D eigenvalue weighted by molar-refractivity contribution is 5.92. The summed E-state index contributed by atoms with van der Waals surface area (Å²) in [6.07, 6.45) is 4.15. The molecule has 0 atom stereocenters. The first-order valence-electron chi connectivity index (χ1n) is 8.71. The summed E-state index contributed by atoms with van der Waals surface area (Å²) >= 11 is 0. The molecule has 0 bridgehead atoms. The van der Waals surface area contributed by atoms with Crippen molar-refractivity contribution >= 4 is 17.3 Å². The fourth-order valence-corrected chi connectivity index (χ4v) is 3.05. The van der Waals surface area contributed by atoms with E-state index in [2.05, 4.69) is 15.2 Å². The summed E-state index contributed by atoms with van der Waals surface area (Å²) in [5, 5.41) is 3.37. The molecule has 1 amide bonds. The van der Waals surface area contributed by atoms with E-state index in [-0.39, 0.29) is 11.7 Å². The van der Waals surface area contributed by atoms with E-state index in [4.69, 9.17) is 0 Å². The average molecular weight is 340 g/mol. The summed E-state index contributed by atoms with van der Waals surface area (Å²) < 4.78 is 13.0. The molecule has 1 aliphatic carbocycles. The van der Waals surface area contributed by atoms with E-state index in [1.54, 1.807) is 24.4 Å². The first-order chi connectivity index (χ1) is 12.2. The van der Waals surface area contributed by atoms with Crippen molar-refractivity contribution in [3.05, 3.63) is 54.1 Å². The first-order valence-corrected chi connectivity index (χ1v) is 8.71. The molecule has 5 nitrogen and oxygen atoms in total. The van der Waals surface area contributed by atoms with Gasteiger partial charge in [-0.15, -0.1) is 0 Å². The van der Waals surface area contributed by atoms with Crippen molar-refractivity contribution < 1.29 is 9.18 Å². The predicted octanol–water partition coefficient (Wildman–Crippen LogP) is 2.76. The van der Waals surface area contributed by atoms with Gasteiger partial charge in [-0.25, -0.2) is 9.37 Å². The predicted molar refractivity (Wildman–Crippen MR) is 95.4 cm³/mol. The topological polar surface area (TPSA) is 48.5 Å². The number of piperazine rings is 1. The van der Waals surface area contributed by atoms with E-state index in [1.165, 1.54) is 25.0 Å². The maximum Gasteiger partial charge on any atom is 0.272 e. The summed E-state index contributed by atoms with van der Waals surface area (Å²) in [6.45, 7) is 2.75. The molecule has 1 N–H and O–H groups in total. The van der Waals surface area contributed by atoms with E-state index in [9.17, 15) is 9.18 Å². The van der Waals surface area contributed by atoms with Crippen LogP contribution in [0, 0.1) is 5.82 Å². The summed E-state index contributed by atoms with van der Waals surface area (Å²) in [6, 6.07) is 10.8. The first kappa shape index (κ1) is 15.9. The number of anilines is 2. The fraction of sp³-hybridized carbons (Fsp3) is 0.368. The molecule has 2 heterocycles. The van der Waals surface area contributed by atoms with Gasteiger partial charge in [0.2, 0.25) is 0 Å². The molecule has 6 heteroatoms.